The predicted octanol–water partition coefficient (Wildman–Crippen LogP) is -3.57. The van der Waals surface area contributed by atoms with Crippen molar-refractivity contribution in [1.29, 1.82) is 0 Å². The van der Waals surface area contributed by atoms with E-state index in [9.17, 15) is 14.7 Å². The molecule has 0 heterocycles. The van der Waals surface area contributed by atoms with Gasteiger partial charge in [0.2, 0.25) is 7.85 Å². The van der Waals surface area contributed by atoms with Crippen molar-refractivity contribution >= 4 is 19.6 Å². The fraction of sp³-hybridized carbons (Fsp3) is 0.111. The van der Waals surface area contributed by atoms with Crippen molar-refractivity contribution in [2.75, 3.05) is 0 Å². The number of hydrogen-bond acceptors (Lipinski definition) is 3. The Kier molecular flexibility index (Phi) is 5.84. The van der Waals surface area contributed by atoms with Gasteiger partial charge in [0.15, 0.2) is 5.81 Å². The van der Waals surface area contributed by atoms with Gasteiger partial charge in [-0.05, 0) is 11.1 Å². The van der Waals surface area contributed by atoms with Crippen LogP contribution in [0, 0.1) is 0 Å². The van der Waals surface area contributed by atoms with Crippen LogP contribution in [-0.4, -0.2) is 19.6 Å². The summed E-state index contributed by atoms with van der Waals surface area (Å²) in [6, 6.07) is 5.99. The number of carboxylic acid groups (broad SMARTS) is 1. The minimum atomic E-state index is -1.22. The van der Waals surface area contributed by atoms with Crippen LogP contribution < -0.4 is 29.3 Å². The zero-order valence-electron chi connectivity index (χ0n) is 8.32. The number of carbonyl (C=O) groups is 2. The normalized spacial score (nSPS) is 8.80. The van der Waals surface area contributed by atoms with Crippen molar-refractivity contribution in [1.82, 2.24) is 5.32 Å². The second-order valence-corrected chi connectivity index (χ2v) is 2.70. The Bertz CT molecular complexity index is 353. The summed E-state index contributed by atoms with van der Waals surface area (Å²) in [5.41, 5.74) is 0.877. The average Bonchev–Trinajstić information content (AvgIpc) is 2.15. The minimum Gasteiger partial charge on any atom is -0.545 e. The largest absolute Gasteiger partial charge is 1.00 e. The molecule has 0 saturated carbocycles. The van der Waals surface area contributed by atoms with Gasteiger partial charge < -0.3 is 15.2 Å². The monoisotopic (exact) mass is 195 g/mol. The smallest absolute Gasteiger partial charge is 0.545 e. The second-order valence-electron chi connectivity index (χ2n) is 2.70. The minimum absolute atomic E-state index is 0. The molecule has 70 valence electrons. The van der Waals surface area contributed by atoms with E-state index in [2.05, 4.69) is 5.32 Å². The topological polar surface area (TPSA) is 69.2 Å². The summed E-state index contributed by atoms with van der Waals surface area (Å²) in [7, 11) is 4.86. The van der Waals surface area contributed by atoms with E-state index in [1.165, 1.54) is 12.1 Å². The SMILES string of the molecule is [B]C(=O)NCc1ccc(C(=O)[O-])cc1.[Li+]. The van der Waals surface area contributed by atoms with Crippen LogP contribution in [0.3, 0.4) is 0 Å². The second kappa shape index (κ2) is 6.33. The molecule has 0 aromatic heterocycles. The molecule has 1 aromatic rings. The summed E-state index contributed by atoms with van der Waals surface area (Å²) in [4.78, 5) is 20.7. The number of benzene rings is 1. The molecule has 1 amide bonds. The Morgan fingerprint density at radius 1 is 1.27 bits per heavy atom. The fourth-order valence-corrected chi connectivity index (χ4v) is 0.948. The third kappa shape index (κ3) is 4.73. The van der Waals surface area contributed by atoms with Gasteiger partial charge in [-0.2, -0.15) is 0 Å². The molecule has 15 heavy (non-hydrogen) atoms. The predicted molar refractivity (Wildman–Crippen MR) is 48.8 cm³/mol. The molecule has 0 atom stereocenters. The van der Waals surface area contributed by atoms with E-state index in [1.807, 2.05) is 0 Å². The van der Waals surface area contributed by atoms with Gasteiger partial charge in [0, 0.05) is 6.54 Å². The standard InChI is InChI=1S/C9H8BNO3.Li/c10-9(14)11-5-6-1-3-7(4-2-6)8(12)13;/h1-4H,5H2,(H,11,14)(H,12,13);/q;+1/p-1. The Morgan fingerprint density at radius 3 is 2.20 bits per heavy atom. The molecule has 4 nitrogen and oxygen atoms in total. The number of amides is 1. The van der Waals surface area contributed by atoms with Gasteiger partial charge in [-0.15, -0.1) is 0 Å². The first-order valence-electron chi connectivity index (χ1n) is 3.93. The van der Waals surface area contributed by atoms with Crippen LogP contribution in [0.15, 0.2) is 24.3 Å². The Balaban J connectivity index is 0.00000196. The molecule has 0 saturated heterocycles. The molecule has 2 radical (unpaired) electrons. The van der Waals surface area contributed by atoms with E-state index in [4.69, 9.17) is 7.85 Å². The van der Waals surface area contributed by atoms with Crippen LogP contribution in [0.4, 0.5) is 4.79 Å². The van der Waals surface area contributed by atoms with Gasteiger partial charge in [-0.3, -0.25) is 4.79 Å². The molecular weight excluding hydrogens is 188 g/mol. The molecule has 0 fully saturated rings. The molecule has 0 aliphatic rings. The van der Waals surface area contributed by atoms with Crippen LogP contribution in [-0.2, 0) is 6.54 Å². The Morgan fingerprint density at radius 2 is 1.80 bits per heavy atom. The summed E-state index contributed by atoms with van der Waals surface area (Å²) in [6.07, 6.45) is 0. The zero-order chi connectivity index (χ0) is 10.6. The van der Waals surface area contributed by atoms with Crippen molar-refractivity contribution in [2.45, 2.75) is 6.54 Å². The summed E-state index contributed by atoms with van der Waals surface area (Å²) in [6.45, 7) is 0.280. The average molecular weight is 195 g/mol. The van der Waals surface area contributed by atoms with E-state index in [0.29, 0.717) is 0 Å². The van der Waals surface area contributed by atoms with Gasteiger partial charge in [-0.1, -0.05) is 24.3 Å². The summed E-state index contributed by atoms with van der Waals surface area (Å²) in [5, 5.41) is 12.8. The van der Waals surface area contributed by atoms with Gasteiger partial charge in [0.05, 0.1) is 5.97 Å². The molecule has 1 N–H and O–H groups in total. The molecule has 0 aliphatic heterocycles. The van der Waals surface area contributed by atoms with E-state index in [-0.39, 0.29) is 31.0 Å². The summed E-state index contributed by atoms with van der Waals surface area (Å²) in [5.74, 6) is -1.84. The molecule has 0 aliphatic carbocycles. The van der Waals surface area contributed by atoms with Crippen LogP contribution in [0.25, 0.3) is 0 Å². The van der Waals surface area contributed by atoms with Crippen LogP contribution in [0.2, 0.25) is 0 Å². The molecular formula is C9H7BLiNO3. The van der Waals surface area contributed by atoms with Crippen molar-refractivity contribution in [3.05, 3.63) is 35.4 Å². The maximum atomic E-state index is 10.4. The maximum absolute atomic E-state index is 10.4. The molecule has 0 bridgehead atoms. The molecule has 1 aromatic carbocycles. The van der Waals surface area contributed by atoms with Crippen LogP contribution in [0.1, 0.15) is 15.9 Å². The fourth-order valence-electron chi connectivity index (χ4n) is 0.948. The number of aromatic carboxylic acids is 1. The number of carbonyl (C=O) groups excluding carboxylic acids is 2. The van der Waals surface area contributed by atoms with Crippen molar-refractivity contribution in [2.24, 2.45) is 0 Å². The number of nitrogens with one attached hydrogen (secondary N) is 1. The van der Waals surface area contributed by atoms with Gasteiger partial charge in [0.1, 0.15) is 0 Å². The number of hydrogen-bond donors (Lipinski definition) is 1. The van der Waals surface area contributed by atoms with E-state index in [0.717, 1.165) is 5.56 Å². The number of carboxylic acids is 1. The van der Waals surface area contributed by atoms with E-state index in [1.54, 1.807) is 12.1 Å². The first-order chi connectivity index (χ1) is 6.59. The van der Waals surface area contributed by atoms with Crippen LogP contribution in [0.5, 0.6) is 0 Å². The Labute approximate surface area is 101 Å². The quantitative estimate of drug-likeness (QED) is 0.507. The Hall–Kier alpha value is -1.18. The maximum Gasteiger partial charge on any atom is 1.00 e. The van der Waals surface area contributed by atoms with E-state index < -0.39 is 11.8 Å². The van der Waals surface area contributed by atoms with Crippen molar-refractivity contribution < 1.29 is 33.6 Å². The third-order valence-corrected chi connectivity index (χ3v) is 1.66. The molecule has 0 spiro atoms. The van der Waals surface area contributed by atoms with Gasteiger partial charge in [-0.25, -0.2) is 0 Å². The van der Waals surface area contributed by atoms with Crippen LogP contribution >= 0.6 is 0 Å². The summed E-state index contributed by atoms with van der Waals surface area (Å²) < 4.78 is 0. The first-order valence-corrected chi connectivity index (χ1v) is 3.93. The van der Waals surface area contributed by atoms with Crippen molar-refractivity contribution in [3.8, 4) is 0 Å². The molecule has 1 rings (SSSR count). The molecule has 6 heteroatoms. The zero-order valence-corrected chi connectivity index (χ0v) is 8.32. The first kappa shape index (κ1) is 13.8. The van der Waals surface area contributed by atoms with Crippen molar-refractivity contribution in [3.63, 3.8) is 0 Å². The third-order valence-electron chi connectivity index (χ3n) is 1.66. The van der Waals surface area contributed by atoms with Gasteiger partial charge in [0.25, 0.3) is 0 Å². The molecule has 0 unspecified atom stereocenters. The number of rotatable bonds is 3. The summed E-state index contributed by atoms with van der Waals surface area (Å²) >= 11 is 0. The van der Waals surface area contributed by atoms with E-state index >= 15 is 0 Å². The van der Waals surface area contributed by atoms with Gasteiger partial charge >= 0.3 is 18.9 Å².